The van der Waals surface area contributed by atoms with Gasteiger partial charge >= 0.3 is 0 Å². The van der Waals surface area contributed by atoms with E-state index in [0.717, 1.165) is 5.56 Å². The summed E-state index contributed by atoms with van der Waals surface area (Å²) < 4.78 is 11.1. The summed E-state index contributed by atoms with van der Waals surface area (Å²) in [6.45, 7) is 3.57. The lowest BCUT2D eigenvalue weighted by Gasteiger charge is -2.31. The van der Waals surface area contributed by atoms with Gasteiger partial charge in [0.1, 0.15) is 17.9 Å². The highest BCUT2D eigenvalue weighted by molar-refractivity contribution is 5.98. The second-order valence-electron chi connectivity index (χ2n) is 6.53. The standard InChI is InChI=1S/C20H24N2O3.ClH/c1-15-4-2-5-16(12-15)14-25-18-7-3-6-17(13-18)22-19(23)20(21)8-10-24-11-9-20;/h2-7,12-13H,8-11,14,21H2,1H3,(H,22,23);1H. The Morgan fingerprint density at radius 3 is 2.65 bits per heavy atom. The quantitative estimate of drug-likeness (QED) is 0.838. The molecule has 2 aromatic carbocycles. The van der Waals surface area contributed by atoms with Crippen LogP contribution in [0.1, 0.15) is 24.0 Å². The molecule has 2 aromatic rings. The average Bonchev–Trinajstić information content (AvgIpc) is 2.61. The molecule has 1 fully saturated rings. The first-order valence-corrected chi connectivity index (χ1v) is 8.52. The number of ether oxygens (including phenoxy) is 2. The summed E-state index contributed by atoms with van der Waals surface area (Å²) >= 11 is 0. The van der Waals surface area contributed by atoms with Crippen LogP contribution in [0.25, 0.3) is 0 Å². The smallest absolute Gasteiger partial charge is 0.244 e. The Bertz CT molecular complexity index is 745. The molecule has 3 rings (SSSR count). The lowest BCUT2D eigenvalue weighted by Crippen LogP contribution is -2.54. The first-order chi connectivity index (χ1) is 12.0. The molecule has 0 bridgehead atoms. The minimum Gasteiger partial charge on any atom is -0.489 e. The molecule has 1 heterocycles. The van der Waals surface area contributed by atoms with Crippen molar-refractivity contribution in [1.82, 2.24) is 0 Å². The number of benzene rings is 2. The monoisotopic (exact) mass is 376 g/mol. The van der Waals surface area contributed by atoms with E-state index in [1.807, 2.05) is 36.4 Å². The van der Waals surface area contributed by atoms with E-state index in [-0.39, 0.29) is 18.3 Å². The fourth-order valence-corrected chi connectivity index (χ4v) is 2.85. The first-order valence-electron chi connectivity index (χ1n) is 8.52. The topological polar surface area (TPSA) is 73.6 Å². The highest BCUT2D eigenvalue weighted by Crippen LogP contribution is 2.23. The van der Waals surface area contributed by atoms with Crippen molar-refractivity contribution >= 4 is 24.0 Å². The van der Waals surface area contributed by atoms with Crippen LogP contribution in [-0.4, -0.2) is 24.7 Å². The summed E-state index contributed by atoms with van der Waals surface area (Å²) in [4.78, 5) is 12.5. The van der Waals surface area contributed by atoms with E-state index in [4.69, 9.17) is 15.2 Å². The van der Waals surface area contributed by atoms with Gasteiger partial charge in [0.15, 0.2) is 0 Å². The fourth-order valence-electron chi connectivity index (χ4n) is 2.85. The van der Waals surface area contributed by atoms with Crippen LogP contribution in [0.4, 0.5) is 5.69 Å². The molecular formula is C20H25ClN2O3. The number of nitrogens with one attached hydrogen (secondary N) is 1. The van der Waals surface area contributed by atoms with E-state index in [1.165, 1.54) is 5.56 Å². The van der Waals surface area contributed by atoms with E-state index >= 15 is 0 Å². The third kappa shape index (κ3) is 5.21. The fraction of sp³-hybridized carbons (Fsp3) is 0.350. The lowest BCUT2D eigenvalue weighted by molar-refractivity contribution is -0.124. The SMILES string of the molecule is Cc1cccc(COc2cccc(NC(=O)C3(N)CCOCC3)c2)c1.Cl. The maximum atomic E-state index is 12.5. The van der Waals surface area contributed by atoms with Gasteiger partial charge in [-0.2, -0.15) is 0 Å². The summed E-state index contributed by atoms with van der Waals surface area (Å²) in [6, 6.07) is 15.6. The van der Waals surface area contributed by atoms with E-state index < -0.39 is 5.54 Å². The van der Waals surface area contributed by atoms with Gasteiger partial charge in [-0.05, 0) is 37.5 Å². The molecule has 3 N–H and O–H groups in total. The Kier molecular flexibility index (Phi) is 7.03. The lowest BCUT2D eigenvalue weighted by atomic mass is 9.90. The third-order valence-corrected chi connectivity index (χ3v) is 4.42. The number of hydrogen-bond acceptors (Lipinski definition) is 4. The number of rotatable bonds is 5. The van der Waals surface area contributed by atoms with Crippen molar-refractivity contribution < 1.29 is 14.3 Å². The van der Waals surface area contributed by atoms with Crippen molar-refractivity contribution in [1.29, 1.82) is 0 Å². The number of nitrogens with two attached hydrogens (primary N) is 1. The Labute approximate surface area is 160 Å². The van der Waals surface area contributed by atoms with E-state index in [1.54, 1.807) is 0 Å². The molecule has 0 radical (unpaired) electrons. The number of carbonyl (C=O) groups excluding carboxylic acids is 1. The van der Waals surface area contributed by atoms with Gasteiger partial charge in [0.2, 0.25) is 5.91 Å². The van der Waals surface area contributed by atoms with Crippen LogP contribution in [0.3, 0.4) is 0 Å². The molecule has 1 aliphatic heterocycles. The largest absolute Gasteiger partial charge is 0.489 e. The first kappa shape index (κ1) is 20.2. The van der Waals surface area contributed by atoms with Crippen molar-refractivity contribution in [2.24, 2.45) is 5.73 Å². The second-order valence-corrected chi connectivity index (χ2v) is 6.53. The number of aryl methyl sites for hydroxylation is 1. The van der Waals surface area contributed by atoms with Crippen molar-refractivity contribution in [3.05, 3.63) is 59.7 Å². The molecule has 6 heteroatoms. The summed E-state index contributed by atoms with van der Waals surface area (Å²) in [6.07, 6.45) is 1.06. The summed E-state index contributed by atoms with van der Waals surface area (Å²) in [5, 5.41) is 2.90. The normalized spacial score (nSPS) is 15.6. The van der Waals surface area contributed by atoms with Crippen molar-refractivity contribution in [3.63, 3.8) is 0 Å². The molecule has 0 spiro atoms. The molecule has 0 unspecified atom stereocenters. The molecular weight excluding hydrogens is 352 g/mol. The number of amides is 1. The zero-order valence-electron chi connectivity index (χ0n) is 14.9. The maximum absolute atomic E-state index is 12.5. The van der Waals surface area contributed by atoms with Crippen LogP contribution >= 0.6 is 12.4 Å². The van der Waals surface area contributed by atoms with Crippen LogP contribution in [0, 0.1) is 6.92 Å². The molecule has 0 aromatic heterocycles. The summed E-state index contributed by atoms with van der Waals surface area (Å²) in [5.41, 5.74) is 8.34. The van der Waals surface area contributed by atoms with Crippen LogP contribution in [0.15, 0.2) is 48.5 Å². The average molecular weight is 377 g/mol. The molecule has 0 atom stereocenters. The summed E-state index contributed by atoms with van der Waals surface area (Å²) in [5.74, 6) is 0.531. The Balaban J connectivity index is 0.00000243. The van der Waals surface area contributed by atoms with Gasteiger partial charge in [0.05, 0.1) is 0 Å². The molecule has 1 aliphatic rings. The third-order valence-electron chi connectivity index (χ3n) is 4.42. The Morgan fingerprint density at radius 2 is 1.92 bits per heavy atom. The predicted molar refractivity (Wildman–Crippen MR) is 105 cm³/mol. The van der Waals surface area contributed by atoms with Crippen LogP contribution in [0.5, 0.6) is 5.75 Å². The molecule has 26 heavy (non-hydrogen) atoms. The highest BCUT2D eigenvalue weighted by atomic mass is 35.5. The van der Waals surface area contributed by atoms with Crippen molar-refractivity contribution in [3.8, 4) is 5.75 Å². The van der Waals surface area contributed by atoms with E-state index in [2.05, 4.69) is 24.4 Å². The van der Waals surface area contributed by atoms with Crippen LogP contribution < -0.4 is 15.8 Å². The molecule has 1 amide bonds. The van der Waals surface area contributed by atoms with E-state index in [0.29, 0.717) is 44.1 Å². The Hall–Kier alpha value is -2.08. The number of anilines is 1. The van der Waals surface area contributed by atoms with Gasteiger partial charge in [-0.1, -0.05) is 35.9 Å². The number of halogens is 1. The molecule has 0 aliphatic carbocycles. The molecule has 140 valence electrons. The summed E-state index contributed by atoms with van der Waals surface area (Å²) in [7, 11) is 0. The van der Waals surface area contributed by atoms with Gasteiger partial charge in [-0.25, -0.2) is 0 Å². The Morgan fingerprint density at radius 1 is 1.19 bits per heavy atom. The van der Waals surface area contributed by atoms with Gasteiger partial charge in [-0.15, -0.1) is 12.4 Å². The predicted octanol–water partition coefficient (Wildman–Crippen LogP) is 3.44. The second kappa shape index (κ2) is 9.03. The van der Waals surface area contributed by atoms with E-state index in [9.17, 15) is 4.79 Å². The maximum Gasteiger partial charge on any atom is 0.244 e. The minimum absolute atomic E-state index is 0. The zero-order chi connectivity index (χ0) is 17.7. The van der Waals surface area contributed by atoms with Crippen LogP contribution in [0.2, 0.25) is 0 Å². The van der Waals surface area contributed by atoms with Gasteiger partial charge in [-0.3, -0.25) is 4.79 Å². The molecule has 1 saturated heterocycles. The molecule has 0 saturated carbocycles. The van der Waals surface area contributed by atoms with Crippen LogP contribution in [-0.2, 0) is 16.1 Å². The van der Waals surface area contributed by atoms with Crippen molar-refractivity contribution in [2.45, 2.75) is 31.9 Å². The minimum atomic E-state index is -0.864. The molecule has 5 nitrogen and oxygen atoms in total. The zero-order valence-corrected chi connectivity index (χ0v) is 15.7. The number of hydrogen-bond donors (Lipinski definition) is 2. The highest BCUT2D eigenvalue weighted by Gasteiger charge is 2.35. The van der Waals surface area contributed by atoms with Crippen molar-refractivity contribution in [2.75, 3.05) is 18.5 Å². The van der Waals surface area contributed by atoms with Gasteiger partial charge in [0.25, 0.3) is 0 Å². The van der Waals surface area contributed by atoms with Gasteiger partial charge < -0.3 is 20.5 Å². The van der Waals surface area contributed by atoms with Gasteiger partial charge in [0, 0.05) is 25.0 Å². The number of carbonyl (C=O) groups is 1.